The smallest absolute Gasteiger partial charge is 0.0988 e. The quantitative estimate of drug-likeness (QED) is 0.455. The van der Waals surface area contributed by atoms with Gasteiger partial charge in [-0.2, -0.15) is 0 Å². The predicted molar refractivity (Wildman–Crippen MR) is 129 cm³/mol. The molecule has 0 amide bonds. The number of thioether (sulfide) groups is 2. The molecule has 3 aromatic carbocycles. The molecular formula is C25H22N2S2. The van der Waals surface area contributed by atoms with Gasteiger partial charge in [-0.1, -0.05) is 60.3 Å². The average molecular weight is 415 g/mol. The van der Waals surface area contributed by atoms with Crippen molar-refractivity contribution in [1.29, 1.82) is 0 Å². The van der Waals surface area contributed by atoms with Crippen LogP contribution in [0, 0.1) is 0 Å². The molecule has 1 unspecified atom stereocenters. The Bertz CT molecular complexity index is 1100. The summed E-state index contributed by atoms with van der Waals surface area (Å²) < 4.78 is 0. The molecule has 0 saturated carbocycles. The number of hydrogen-bond donors (Lipinski definition) is 0. The summed E-state index contributed by atoms with van der Waals surface area (Å²) in [5.41, 5.74) is 6.30. The van der Waals surface area contributed by atoms with Crippen molar-refractivity contribution in [3.05, 3.63) is 102 Å². The van der Waals surface area contributed by atoms with Crippen molar-refractivity contribution in [2.45, 2.75) is 10.3 Å². The summed E-state index contributed by atoms with van der Waals surface area (Å²) in [6.07, 6.45) is 6.89. The predicted octanol–water partition coefficient (Wildman–Crippen LogP) is 6.99. The van der Waals surface area contributed by atoms with Crippen molar-refractivity contribution in [3.8, 4) is 0 Å². The van der Waals surface area contributed by atoms with E-state index in [1.165, 1.54) is 38.1 Å². The fourth-order valence-electron chi connectivity index (χ4n) is 3.93. The highest BCUT2D eigenvalue weighted by molar-refractivity contribution is 8.02. The van der Waals surface area contributed by atoms with Crippen molar-refractivity contribution in [2.75, 3.05) is 23.1 Å². The van der Waals surface area contributed by atoms with Gasteiger partial charge >= 0.3 is 0 Å². The molecule has 2 aliphatic rings. The molecular weight excluding hydrogens is 392 g/mol. The Hall–Kier alpha value is -2.56. The van der Waals surface area contributed by atoms with E-state index in [4.69, 9.17) is 0 Å². The van der Waals surface area contributed by atoms with E-state index in [2.05, 4.69) is 114 Å². The second-order valence-corrected chi connectivity index (χ2v) is 9.07. The second kappa shape index (κ2) is 7.69. The maximum absolute atomic E-state index is 2.40. The number of likely N-dealkylation sites (N-methyl/N-ethyl adjacent to an activating group) is 1. The summed E-state index contributed by atoms with van der Waals surface area (Å²) >= 11 is 3.71. The molecule has 0 N–H and O–H groups in total. The van der Waals surface area contributed by atoms with Gasteiger partial charge in [0.25, 0.3) is 0 Å². The van der Waals surface area contributed by atoms with Crippen LogP contribution in [0.25, 0.3) is 5.57 Å². The summed E-state index contributed by atoms with van der Waals surface area (Å²) in [5, 5.41) is 1.53. The number of fused-ring (bicyclic) bond motifs is 2. The first kappa shape index (κ1) is 18.5. The number of hydrogen-bond acceptors (Lipinski definition) is 4. The molecule has 1 atom stereocenters. The van der Waals surface area contributed by atoms with Crippen LogP contribution in [-0.4, -0.2) is 18.7 Å². The van der Waals surface area contributed by atoms with E-state index < -0.39 is 0 Å². The van der Waals surface area contributed by atoms with Gasteiger partial charge in [-0.3, -0.25) is 0 Å². The summed E-state index contributed by atoms with van der Waals surface area (Å²) in [4.78, 5) is 6.07. The van der Waals surface area contributed by atoms with E-state index >= 15 is 0 Å². The summed E-state index contributed by atoms with van der Waals surface area (Å²) in [6.45, 7) is 0. The van der Waals surface area contributed by atoms with Crippen LogP contribution in [0.15, 0.2) is 101 Å². The minimum atomic E-state index is 0.290. The number of nitrogens with zero attached hydrogens (tertiary/aromatic N) is 2. The van der Waals surface area contributed by atoms with Gasteiger partial charge in [0, 0.05) is 23.2 Å². The van der Waals surface area contributed by atoms with Gasteiger partial charge in [-0.15, -0.1) is 11.8 Å². The molecule has 0 bridgehead atoms. The zero-order chi connectivity index (χ0) is 19.8. The topological polar surface area (TPSA) is 6.48 Å². The van der Waals surface area contributed by atoms with Gasteiger partial charge in [-0.25, -0.2) is 0 Å². The van der Waals surface area contributed by atoms with Crippen LogP contribution in [-0.2, 0) is 0 Å². The lowest BCUT2D eigenvalue weighted by molar-refractivity contribution is 0.991. The lowest BCUT2D eigenvalue weighted by Gasteiger charge is -2.33. The van der Waals surface area contributed by atoms with Gasteiger partial charge in [-0.05, 0) is 54.3 Å². The molecule has 5 rings (SSSR count). The minimum Gasteiger partial charge on any atom is -0.358 e. The Morgan fingerprint density at radius 1 is 0.862 bits per heavy atom. The third kappa shape index (κ3) is 3.26. The summed E-state index contributed by atoms with van der Waals surface area (Å²) in [7, 11) is 2.19. The lowest BCUT2D eigenvalue weighted by Crippen LogP contribution is -2.23. The first-order valence-electron chi connectivity index (χ1n) is 9.67. The molecule has 144 valence electrons. The van der Waals surface area contributed by atoms with Gasteiger partial charge < -0.3 is 9.80 Å². The number of para-hydroxylation sites is 3. The molecule has 2 heterocycles. The summed E-state index contributed by atoms with van der Waals surface area (Å²) in [5.74, 6) is 0. The van der Waals surface area contributed by atoms with E-state index in [0.717, 1.165) is 0 Å². The highest BCUT2D eigenvalue weighted by Gasteiger charge is 2.28. The Morgan fingerprint density at radius 3 is 2.31 bits per heavy atom. The third-order valence-corrected chi connectivity index (χ3v) is 7.39. The molecule has 0 spiro atoms. The maximum atomic E-state index is 2.40. The SMILES string of the molecule is CSC1=CC(=CC2Sc3ccccc3N2C)c2ccccc2N1c1ccccc1. The molecule has 0 aromatic heterocycles. The van der Waals surface area contributed by atoms with Crippen molar-refractivity contribution < 1.29 is 0 Å². The van der Waals surface area contributed by atoms with Crippen LogP contribution in [0.4, 0.5) is 17.1 Å². The monoisotopic (exact) mass is 414 g/mol. The van der Waals surface area contributed by atoms with Crippen molar-refractivity contribution in [3.63, 3.8) is 0 Å². The lowest BCUT2D eigenvalue weighted by atomic mass is 9.98. The van der Waals surface area contributed by atoms with E-state index in [0.29, 0.717) is 0 Å². The highest BCUT2D eigenvalue weighted by Crippen LogP contribution is 2.47. The van der Waals surface area contributed by atoms with Gasteiger partial charge in [0.2, 0.25) is 0 Å². The number of rotatable bonds is 3. The molecule has 0 aliphatic carbocycles. The van der Waals surface area contributed by atoms with Crippen molar-refractivity contribution >= 4 is 46.2 Å². The number of allylic oxidation sites excluding steroid dienone is 2. The van der Waals surface area contributed by atoms with E-state index in [-0.39, 0.29) is 5.37 Å². The van der Waals surface area contributed by atoms with Crippen LogP contribution in [0.1, 0.15) is 5.56 Å². The normalized spacial score (nSPS) is 19.2. The van der Waals surface area contributed by atoms with Crippen LogP contribution in [0.3, 0.4) is 0 Å². The zero-order valence-corrected chi connectivity index (χ0v) is 18.1. The van der Waals surface area contributed by atoms with Gasteiger partial charge in [0.1, 0.15) is 0 Å². The number of benzene rings is 3. The fraction of sp³-hybridized carbons (Fsp3) is 0.120. The standard InChI is InChI=1S/C25H22N2S2/c1-26-22-14-8-9-15-23(22)29-24(26)16-18-17-25(28-2)27(19-10-4-3-5-11-19)21-13-7-6-12-20(18)21/h3-17,24H,1-2H3. The molecule has 0 radical (unpaired) electrons. The Morgan fingerprint density at radius 2 is 1.55 bits per heavy atom. The van der Waals surface area contributed by atoms with E-state index in [9.17, 15) is 0 Å². The van der Waals surface area contributed by atoms with Crippen LogP contribution in [0.2, 0.25) is 0 Å². The summed E-state index contributed by atoms with van der Waals surface area (Å²) in [6, 6.07) is 28.0. The first-order chi connectivity index (χ1) is 14.3. The third-order valence-electron chi connectivity index (χ3n) is 5.38. The van der Waals surface area contributed by atoms with Crippen LogP contribution >= 0.6 is 23.5 Å². The second-order valence-electron chi connectivity index (χ2n) is 7.08. The number of anilines is 3. The Kier molecular flexibility index (Phi) is 4.90. The largest absolute Gasteiger partial charge is 0.358 e. The molecule has 2 nitrogen and oxygen atoms in total. The minimum absolute atomic E-state index is 0.290. The zero-order valence-electron chi connectivity index (χ0n) is 16.4. The average Bonchev–Trinajstić information content (AvgIpc) is 3.09. The molecule has 0 fully saturated rings. The molecule has 29 heavy (non-hydrogen) atoms. The van der Waals surface area contributed by atoms with Crippen LogP contribution in [0.5, 0.6) is 0 Å². The Balaban J connectivity index is 1.60. The van der Waals surface area contributed by atoms with E-state index in [1.807, 2.05) is 11.8 Å². The van der Waals surface area contributed by atoms with Gasteiger partial charge in [0.15, 0.2) is 0 Å². The van der Waals surface area contributed by atoms with Gasteiger partial charge in [0.05, 0.1) is 21.8 Å². The van der Waals surface area contributed by atoms with Crippen LogP contribution < -0.4 is 9.80 Å². The first-order valence-corrected chi connectivity index (χ1v) is 11.8. The fourth-order valence-corrected chi connectivity index (χ4v) is 5.80. The molecule has 4 heteroatoms. The molecule has 3 aromatic rings. The maximum Gasteiger partial charge on any atom is 0.0988 e. The molecule has 0 saturated heterocycles. The van der Waals surface area contributed by atoms with Crippen molar-refractivity contribution in [2.24, 2.45) is 0 Å². The Labute approximate surface area is 180 Å². The van der Waals surface area contributed by atoms with Crippen molar-refractivity contribution in [1.82, 2.24) is 0 Å². The molecule has 2 aliphatic heterocycles. The van der Waals surface area contributed by atoms with E-state index in [1.54, 1.807) is 11.8 Å². The highest BCUT2D eigenvalue weighted by atomic mass is 32.2.